The van der Waals surface area contributed by atoms with Gasteiger partial charge in [0.05, 0.1) is 24.2 Å². The zero-order valence-corrected chi connectivity index (χ0v) is 17.2. The van der Waals surface area contributed by atoms with Gasteiger partial charge in [0, 0.05) is 5.56 Å². The number of rotatable bonds is 5. The molecule has 0 saturated carbocycles. The molecule has 5 rings (SSSR count). The van der Waals surface area contributed by atoms with E-state index in [0.717, 1.165) is 16.8 Å². The third-order valence-electron chi connectivity index (χ3n) is 4.96. The van der Waals surface area contributed by atoms with Crippen molar-refractivity contribution in [3.63, 3.8) is 0 Å². The predicted molar refractivity (Wildman–Crippen MR) is 119 cm³/mol. The number of furan rings is 1. The van der Waals surface area contributed by atoms with Gasteiger partial charge < -0.3 is 9.73 Å². The zero-order chi connectivity index (χ0) is 21.2. The van der Waals surface area contributed by atoms with Crippen LogP contribution >= 0.6 is 11.8 Å². The van der Waals surface area contributed by atoms with Crippen LogP contribution in [0.5, 0.6) is 0 Å². The van der Waals surface area contributed by atoms with Gasteiger partial charge in [-0.15, -0.1) is 0 Å². The number of amides is 2. The first-order chi connectivity index (χ1) is 15.2. The number of thioether (sulfide) groups is 1. The lowest BCUT2D eigenvalue weighted by molar-refractivity contribution is -0.124. The summed E-state index contributed by atoms with van der Waals surface area (Å²) in [4.78, 5) is 36.5. The van der Waals surface area contributed by atoms with Crippen LogP contribution < -0.4 is 5.32 Å². The zero-order valence-electron chi connectivity index (χ0n) is 16.4. The van der Waals surface area contributed by atoms with Gasteiger partial charge in [-0.2, -0.15) is 0 Å². The third-order valence-corrected chi connectivity index (χ3v) is 5.90. The van der Waals surface area contributed by atoms with Gasteiger partial charge in [0.15, 0.2) is 11.2 Å². The number of aliphatic imine (C=N–C) groups is 2. The van der Waals surface area contributed by atoms with E-state index in [-0.39, 0.29) is 17.6 Å². The topological polar surface area (TPSA) is 87.3 Å². The van der Waals surface area contributed by atoms with E-state index in [1.54, 1.807) is 18.4 Å². The molecule has 3 heterocycles. The number of carbonyl (C=O) groups excluding carboxylic acids is 2. The summed E-state index contributed by atoms with van der Waals surface area (Å²) in [6.07, 6.45) is 1.56. The van der Waals surface area contributed by atoms with Crippen molar-refractivity contribution in [2.24, 2.45) is 9.98 Å². The summed E-state index contributed by atoms with van der Waals surface area (Å²) >= 11 is 1.22. The van der Waals surface area contributed by atoms with Crippen LogP contribution in [0.2, 0.25) is 0 Å². The summed E-state index contributed by atoms with van der Waals surface area (Å²) in [5.41, 5.74) is 2.37. The van der Waals surface area contributed by atoms with Crippen LogP contribution in [-0.2, 0) is 16.1 Å². The molecular formula is C23H18N4O3S. The molecule has 31 heavy (non-hydrogen) atoms. The summed E-state index contributed by atoms with van der Waals surface area (Å²) in [5, 5.41) is 3.26. The highest BCUT2D eigenvalue weighted by atomic mass is 32.2. The Morgan fingerprint density at radius 3 is 2.68 bits per heavy atom. The molecule has 0 bridgehead atoms. The Bertz CT molecular complexity index is 1190. The number of hydrogen-bond donors (Lipinski definition) is 1. The van der Waals surface area contributed by atoms with Gasteiger partial charge in [0.2, 0.25) is 5.91 Å². The summed E-state index contributed by atoms with van der Waals surface area (Å²) in [6.45, 7) is 0.313. The number of para-hydroxylation sites is 1. The van der Waals surface area contributed by atoms with Gasteiger partial charge >= 0.3 is 0 Å². The molecule has 0 radical (unpaired) electrons. The summed E-state index contributed by atoms with van der Waals surface area (Å²) in [5.74, 6) is 1.03. The SMILES string of the molecule is O=C(CSC1=Nc2ccccc2C2=N[C@H](c3ccccc3)C(=O)N12)NCc1ccco1. The van der Waals surface area contributed by atoms with Crippen LogP contribution in [0.3, 0.4) is 0 Å². The molecule has 3 aromatic rings. The van der Waals surface area contributed by atoms with E-state index >= 15 is 0 Å². The lowest BCUT2D eigenvalue weighted by atomic mass is 10.1. The average molecular weight is 430 g/mol. The van der Waals surface area contributed by atoms with Crippen LogP contribution in [0.4, 0.5) is 5.69 Å². The molecule has 1 N–H and O–H groups in total. The smallest absolute Gasteiger partial charge is 0.263 e. The molecule has 0 fully saturated rings. The van der Waals surface area contributed by atoms with Crippen molar-refractivity contribution in [1.82, 2.24) is 10.2 Å². The van der Waals surface area contributed by atoms with Crippen molar-refractivity contribution < 1.29 is 14.0 Å². The number of benzene rings is 2. The quantitative estimate of drug-likeness (QED) is 0.669. The fourth-order valence-corrected chi connectivity index (χ4v) is 4.31. The highest BCUT2D eigenvalue weighted by Gasteiger charge is 2.42. The average Bonchev–Trinajstić information content (AvgIpc) is 3.45. The van der Waals surface area contributed by atoms with E-state index in [1.807, 2.05) is 54.6 Å². The van der Waals surface area contributed by atoms with Crippen LogP contribution in [0.15, 0.2) is 87.4 Å². The molecule has 8 heteroatoms. The Morgan fingerprint density at radius 2 is 1.87 bits per heavy atom. The molecule has 7 nitrogen and oxygen atoms in total. The number of fused-ring (bicyclic) bond motifs is 3. The van der Waals surface area contributed by atoms with E-state index in [4.69, 9.17) is 9.41 Å². The maximum atomic E-state index is 13.3. The van der Waals surface area contributed by atoms with Gasteiger partial charge in [-0.1, -0.05) is 54.2 Å². The lowest BCUT2D eigenvalue weighted by Crippen LogP contribution is -2.40. The first-order valence-electron chi connectivity index (χ1n) is 9.77. The van der Waals surface area contributed by atoms with Crippen LogP contribution in [-0.4, -0.2) is 33.5 Å². The highest BCUT2D eigenvalue weighted by Crippen LogP contribution is 2.37. The second kappa shape index (κ2) is 8.23. The van der Waals surface area contributed by atoms with Crippen LogP contribution in [0.1, 0.15) is 22.9 Å². The molecule has 1 aromatic heterocycles. The second-order valence-corrected chi connectivity index (χ2v) is 7.94. The van der Waals surface area contributed by atoms with E-state index in [9.17, 15) is 9.59 Å². The first-order valence-corrected chi connectivity index (χ1v) is 10.8. The number of hydrogen-bond acceptors (Lipinski definition) is 6. The van der Waals surface area contributed by atoms with Gasteiger partial charge in [0.25, 0.3) is 5.91 Å². The Kier molecular flexibility index (Phi) is 5.13. The van der Waals surface area contributed by atoms with Crippen molar-refractivity contribution in [3.8, 4) is 0 Å². The maximum absolute atomic E-state index is 13.3. The number of carbonyl (C=O) groups is 2. The standard InChI is InChI=1S/C23H18N4O3S/c28-19(24-13-16-9-6-12-30-16)14-31-23-25-18-11-5-4-10-17(18)21-26-20(22(29)27(21)23)15-7-2-1-3-8-15/h1-12,20H,13-14H2,(H,24,28)/t20-/m1/s1. The first kappa shape index (κ1) is 19.3. The highest BCUT2D eigenvalue weighted by molar-refractivity contribution is 8.14. The molecule has 1 atom stereocenters. The van der Waals surface area contributed by atoms with E-state index in [1.165, 1.54) is 16.7 Å². The summed E-state index contributed by atoms with van der Waals surface area (Å²) < 4.78 is 5.23. The Hall–Kier alpha value is -3.65. The summed E-state index contributed by atoms with van der Waals surface area (Å²) in [6, 6.07) is 20.0. The molecule has 2 aliphatic heterocycles. The van der Waals surface area contributed by atoms with Crippen molar-refractivity contribution in [2.75, 3.05) is 5.75 Å². The molecule has 154 valence electrons. The normalized spacial score (nSPS) is 17.0. The number of nitrogens with one attached hydrogen (secondary N) is 1. The molecular weight excluding hydrogens is 412 g/mol. The van der Waals surface area contributed by atoms with E-state index in [2.05, 4.69) is 10.3 Å². The molecule has 0 saturated heterocycles. The Labute approximate surface area is 182 Å². The predicted octanol–water partition coefficient (Wildman–Crippen LogP) is 3.66. The fraction of sp³-hybridized carbons (Fsp3) is 0.130. The van der Waals surface area contributed by atoms with Crippen LogP contribution in [0.25, 0.3) is 0 Å². The fourth-order valence-electron chi connectivity index (χ4n) is 3.48. The van der Waals surface area contributed by atoms with Crippen molar-refractivity contribution in [1.29, 1.82) is 0 Å². The molecule has 0 spiro atoms. The minimum atomic E-state index is -0.624. The van der Waals surface area contributed by atoms with Crippen molar-refractivity contribution >= 4 is 40.3 Å². The largest absolute Gasteiger partial charge is 0.467 e. The van der Waals surface area contributed by atoms with Gasteiger partial charge in [-0.25, -0.2) is 14.9 Å². The number of nitrogens with zero attached hydrogens (tertiary/aromatic N) is 3. The third kappa shape index (κ3) is 3.77. The summed E-state index contributed by atoms with van der Waals surface area (Å²) in [7, 11) is 0. The lowest BCUT2D eigenvalue weighted by Gasteiger charge is -2.25. The van der Waals surface area contributed by atoms with Crippen molar-refractivity contribution in [2.45, 2.75) is 12.6 Å². The van der Waals surface area contributed by atoms with Crippen LogP contribution in [0, 0.1) is 0 Å². The van der Waals surface area contributed by atoms with Crippen molar-refractivity contribution in [3.05, 3.63) is 89.9 Å². The molecule has 2 aliphatic rings. The minimum Gasteiger partial charge on any atom is -0.467 e. The molecule has 2 aromatic carbocycles. The minimum absolute atomic E-state index is 0.120. The molecule has 0 unspecified atom stereocenters. The monoisotopic (exact) mass is 430 g/mol. The van der Waals surface area contributed by atoms with Gasteiger partial charge in [-0.05, 0) is 29.8 Å². The second-order valence-electron chi connectivity index (χ2n) is 7.00. The van der Waals surface area contributed by atoms with Gasteiger partial charge in [0.1, 0.15) is 11.6 Å². The Morgan fingerprint density at radius 1 is 1.06 bits per heavy atom. The molecule has 2 amide bonds. The number of amidine groups is 2. The van der Waals surface area contributed by atoms with E-state index < -0.39 is 6.04 Å². The van der Waals surface area contributed by atoms with E-state index in [0.29, 0.717) is 23.3 Å². The Balaban J connectivity index is 1.38. The molecule has 0 aliphatic carbocycles. The van der Waals surface area contributed by atoms with Gasteiger partial charge in [-0.3, -0.25) is 9.59 Å². The maximum Gasteiger partial charge on any atom is 0.263 e.